The molecule has 1 aromatic heterocycles. The summed E-state index contributed by atoms with van der Waals surface area (Å²) in [5.74, 6) is 1.43. The maximum absolute atomic E-state index is 5.32. The molecule has 0 bridgehead atoms. The Morgan fingerprint density at radius 1 is 1.38 bits per heavy atom. The fourth-order valence-corrected chi connectivity index (χ4v) is 1.15. The minimum absolute atomic E-state index is 0.210. The molecule has 0 radical (unpaired) electrons. The lowest BCUT2D eigenvalue weighted by molar-refractivity contribution is 0.0343. The predicted molar refractivity (Wildman–Crippen MR) is 65.9 cm³/mol. The highest BCUT2D eigenvalue weighted by molar-refractivity contribution is 5.42. The number of ether oxygens (including phenoxy) is 1. The third-order valence-electron chi connectivity index (χ3n) is 2.33. The number of nitrogens with zero attached hydrogens (tertiary/aromatic N) is 2. The highest BCUT2D eigenvalue weighted by Crippen LogP contribution is 2.12. The topological polar surface area (TPSA) is 59.1 Å². The van der Waals surface area contributed by atoms with E-state index in [2.05, 4.69) is 20.6 Å². The van der Waals surface area contributed by atoms with E-state index < -0.39 is 0 Å². The summed E-state index contributed by atoms with van der Waals surface area (Å²) in [4.78, 5) is 8.52. The zero-order valence-electron chi connectivity index (χ0n) is 10.6. The molecule has 0 aliphatic carbocycles. The molecule has 2 N–H and O–H groups in total. The van der Waals surface area contributed by atoms with E-state index in [1.807, 2.05) is 26.8 Å². The van der Waals surface area contributed by atoms with Crippen LogP contribution >= 0.6 is 0 Å². The molecule has 1 aromatic rings. The molecule has 0 aliphatic heterocycles. The number of aryl methyl sites for hydroxylation is 1. The lowest BCUT2D eigenvalue weighted by Gasteiger charge is -2.23. The number of rotatable bonds is 5. The van der Waals surface area contributed by atoms with Crippen molar-refractivity contribution in [3.63, 3.8) is 0 Å². The Balaban J connectivity index is 2.70. The summed E-state index contributed by atoms with van der Waals surface area (Å²) < 4.78 is 5.32. The van der Waals surface area contributed by atoms with Crippen molar-refractivity contribution in [1.29, 1.82) is 0 Å². The summed E-state index contributed by atoms with van der Waals surface area (Å²) in [6, 6.07) is 1.91. The number of hydrogen-bond acceptors (Lipinski definition) is 5. The van der Waals surface area contributed by atoms with Gasteiger partial charge in [-0.1, -0.05) is 0 Å². The van der Waals surface area contributed by atoms with E-state index >= 15 is 0 Å². The van der Waals surface area contributed by atoms with Gasteiger partial charge in [0.15, 0.2) is 0 Å². The molecule has 0 spiro atoms. The fraction of sp³-hybridized carbons (Fsp3) is 0.636. The van der Waals surface area contributed by atoms with E-state index in [1.165, 1.54) is 0 Å². The standard InChI is InChI=1S/C11H20N4O/c1-8-6-9(15-10(12-4)14-8)13-7-11(2,3)16-5/h6H,7H2,1-5H3,(H2,12,13,14,15). The van der Waals surface area contributed by atoms with Crippen LogP contribution in [0.25, 0.3) is 0 Å². The molecular formula is C11H20N4O. The normalized spacial score (nSPS) is 11.3. The Bertz CT molecular complexity index is 352. The summed E-state index contributed by atoms with van der Waals surface area (Å²) >= 11 is 0. The maximum Gasteiger partial charge on any atom is 0.224 e. The van der Waals surface area contributed by atoms with Gasteiger partial charge in [0.05, 0.1) is 5.60 Å². The lowest BCUT2D eigenvalue weighted by atomic mass is 10.1. The molecule has 0 amide bonds. The number of methoxy groups -OCH3 is 1. The van der Waals surface area contributed by atoms with Crippen LogP contribution in [0, 0.1) is 6.92 Å². The second kappa shape index (κ2) is 5.12. The smallest absolute Gasteiger partial charge is 0.224 e. The van der Waals surface area contributed by atoms with Gasteiger partial charge in [-0.3, -0.25) is 0 Å². The zero-order chi connectivity index (χ0) is 12.2. The molecule has 0 atom stereocenters. The van der Waals surface area contributed by atoms with Gasteiger partial charge in [0.25, 0.3) is 0 Å². The third kappa shape index (κ3) is 3.66. The molecule has 1 heterocycles. The van der Waals surface area contributed by atoms with E-state index in [0.29, 0.717) is 12.5 Å². The maximum atomic E-state index is 5.32. The van der Waals surface area contributed by atoms with Crippen molar-refractivity contribution >= 4 is 11.8 Å². The minimum atomic E-state index is -0.210. The first-order chi connectivity index (χ1) is 7.46. The van der Waals surface area contributed by atoms with E-state index in [-0.39, 0.29) is 5.60 Å². The second-order valence-corrected chi connectivity index (χ2v) is 4.29. The van der Waals surface area contributed by atoms with Crippen molar-refractivity contribution in [2.75, 3.05) is 31.3 Å². The van der Waals surface area contributed by atoms with Crippen molar-refractivity contribution in [1.82, 2.24) is 9.97 Å². The minimum Gasteiger partial charge on any atom is -0.377 e. The molecule has 5 heteroatoms. The molecule has 90 valence electrons. The monoisotopic (exact) mass is 224 g/mol. The third-order valence-corrected chi connectivity index (χ3v) is 2.33. The van der Waals surface area contributed by atoms with Gasteiger partial charge in [0, 0.05) is 32.5 Å². The van der Waals surface area contributed by atoms with Gasteiger partial charge in [-0.05, 0) is 20.8 Å². The van der Waals surface area contributed by atoms with Gasteiger partial charge in [0.1, 0.15) is 5.82 Å². The van der Waals surface area contributed by atoms with Gasteiger partial charge in [-0.15, -0.1) is 0 Å². The Hall–Kier alpha value is -1.36. The van der Waals surface area contributed by atoms with Crippen LogP contribution in [0.1, 0.15) is 19.5 Å². The van der Waals surface area contributed by atoms with Gasteiger partial charge < -0.3 is 15.4 Å². The highest BCUT2D eigenvalue weighted by atomic mass is 16.5. The van der Waals surface area contributed by atoms with Crippen molar-refractivity contribution in [3.8, 4) is 0 Å². The van der Waals surface area contributed by atoms with Crippen LogP contribution in [-0.2, 0) is 4.74 Å². The average Bonchev–Trinajstić information content (AvgIpc) is 2.26. The van der Waals surface area contributed by atoms with Gasteiger partial charge in [0.2, 0.25) is 5.95 Å². The highest BCUT2D eigenvalue weighted by Gasteiger charge is 2.16. The Morgan fingerprint density at radius 2 is 2.06 bits per heavy atom. The fourth-order valence-electron chi connectivity index (χ4n) is 1.15. The average molecular weight is 224 g/mol. The van der Waals surface area contributed by atoms with Crippen LogP contribution in [0.15, 0.2) is 6.07 Å². The van der Waals surface area contributed by atoms with Crippen molar-refractivity contribution < 1.29 is 4.74 Å². The van der Waals surface area contributed by atoms with Gasteiger partial charge in [-0.25, -0.2) is 4.98 Å². The first-order valence-electron chi connectivity index (χ1n) is 5.29. The number of hydrogen-bond donors (Lipinski definition) is 2. The molecule has 0 aliphatic rings. The second-order valence-electron chi connectivity index (χ2n) is 4.29. The first kappa shape index (κ1) is 12.7. The van der Waals surface area contributed by atoms with Gasteiger partial charge in [-0.2, -0.15) is 4.98 Å². The molecular weight excluding hydrogens is 204 g/mol. The molecule has 1 rings (SSSR count). The summed E-state index contributed by atoms with van der Waals surface area (Å²) in [6.07, 6.45) is 0. The van der Waals surface area contributed by atoms with Crippen LogP contribution in [0.5, 0.6) is 0 Å². The summed E-state index contributed by atoms with van der Waals surface area (Å²) in [7, 11) is 3.50. The van der Waals surface area contributed by atoms with Crippen LogP contribution in [-0.4, -0.2) is 36.3 Å². The number of anilines is 2. The van der Waals surface area contributed by atoms with E-state index in [1.54, 1.807) is 14.2 Å². The number of nitrogens with one attached hydrogen (secondary N) is 2. The lowest BCUT2D eigenvalue weighted by Crippen LogP contribution is -2.32. The van der Waals surface area contributed by atoms with E-state index in [9.17, 15) is 0 Å². The van der Waals surface area contributed by atoms with Crippen LogP contribution in [0.2, 0.25) is 0 Å². The molecule has 5 nitrogen and oxygen atoms in total. The summed E-state index contributed by atoms with van der Waals surface area (Å²) in [5.41, 5.74) is 0.718. The van der Waals surface area contributed by atoms with Crippen LogP contribution in [0.3, 0.4) is 0 Å². The van der Waals surface area contributed by atoms with Crippen LogP contribution in [0.4, 0.5) is 11.8 Å². The Morgan fingerprint density at radius 3 is 2.62 bits per heavy atom. The van der Waals surface area contributed by atoms with Gasteiger partial charge >= 0.3 is 0 Å². The van der Waals surface area contributed by atoms with Crippen molar-refractivity contribution in [3.05, 3.63) is 11.8 Å². The number of aromatic nitrogens is 2. The Labute approximate surface area is 96.6 Å². The molecule has 0 saturated carbocycles. The zero-order valence-corrected chi connectivity index (χ0v) is 10.6. The molecule has 0 aromatic carbocycles. The molecule has 16 heavy (non-hydrogen) atoms. The summed E-state index contributed by atoms with van der Waals surface area (Å²) in [6.45, 7) is 6.68. The predicted octanol–water partition coefficient (Wildman–Crippen LogP) is 1.66. The SMILES string of the molecule is CNc1nc(C)cc(NCC(C)(C)OC)n1. The first-order valence-corrected chi connectivity index (χ1v) is 5.29. The quantitative estimate of drug-likeness (QED) is 0.796. The van der Waals surface area contributed by atoms with E-state index in [4.69, 9.17) is 4.74 Å². The van der Waals surface area contributed by atoms with Crippen molar-refractivity contribution in [2.24, 2.45) is 0 Å². The molecule has 0 saturated heterocycles. The summed E-state index contributed by atoms with van der Waals surface area (Å²) in [5, 5.41) is 6.16. The van der Waals surface area contributed by atoms with Crippen LogP contribution < -0.4 is 10.6 Å². The Kier molecular flexibility index (Phi) is 4.06. The molecule has 0 fully saturated rings. The molecule has 0 unspecified atom stereocenters. The van der Waals surface area contributed by atoms with Crippen molar-refractivity contribution in [2.45, 2.75) is 26.4 Å². The van der Waals surface area contributed by atoms with E-state index in [0.717, 1.165) is 11.5 Å². The largest absolute Gasteiger partial charge is 0.377 e.